The summed E-state index contributed by atoms with van der Waals surface area (Å²) in [6.07, 6.45) is 22.0. The van der Waals surface area contributed by atoms with Gasteiger partial charge in [-0.15, -0.1) is 0 Å². The number of ether oxygens (including phenoxy) is 3. The van der Waals surface area contributed by atoms with E-state index in [-0.39, 0.29) is 11.4 Å². The highest BCUT2D eigenvalue weighted by molar-refractivity contribution is 5.76. The summed E-state index contributed by atoms with van der Waals surface area (Å²) in [5, 5.41) is 0. The largest absolute Gasteiger partial charge is 0.463 e. The first-order chi connectivity index (χ1) is 16.1. The lowest BCUT2D eigenvalue weighted by molar-refractivity contribution is -0.157. The predicted molar refractivity (Wildman–Crippen MR) is 141 cm³/mol. The molecule has 1 unspecified atom stereocenters. The van der Waals surface area contributed by atoms with Gasteiger partial charge in [0.1, 0.15) is 6.61 Å². The Bertz CT molecular complexity index is 412. The van der Waals surface area contributed by atoms with Gasteiger partial charge in [0.2, 0.25) is 0 Å². The highest BCUT2D eigenvalue weighted by atomic mass is 16.6. The van der Waals surface area contributed by atoms with Crippen LogP contribution in [0.1, 0.15) is 143 Å². The molecule has 0 aliphatic heterocycles. The van der Waals surface area contributed by atoms with Gasteiger partial charge in [-0.1, -0.05) is 117 Å². The minimum atomic E-state index is -0.351. The molecule has 0 saturated heterocycles. The first-order valence-electron chi connectivity index (χ1n) is 14.4. The molecule has 4 nitrogen and oxygen atoms in total. The lowest BCUT2D eigenvalue weighted by Crippen LogP contribution is -2.31. The Kier molecular flexibility index (Phi) is 24.1. The van der Waals surface area contributed by atoms with Crippen molar-refractivity contribution in [2.45, 2.75) is 143 Å². The third kappa shape index (κ3) is 20.5. The van der Waals surface area contributed by atoms with Gasteiger partial charge in [-0.05, 0) is 26.2 Å². The second-order valence-electron chi connectivity index (χ2n) is 10.0. The van der Waals surface area contributed by atoms with Crippen molar-refractivity contribution in [3.8, 4) is 0 Å². The van der Waals surface area contributed by atoms with E-state index in [4.69, 9.17) is 14.2 Å². The Balaban J connectivity index is 4.22. The molecule has 0 aromatic carbocycles. The van der Waals surface area contributed by atoms with Gasteiger partial charge in [-0.3, -0.25) is 4.79 Å². The van der Waals surface area contributed by atoms with E-state index in [1.165, 1.54) is 77.0 Å². The number of carbonyl (C=O) groups is 1. The monoisotopic (exact) mass is 470 g/mol. The molecule has 0 saturated carbocycles. The van der Waals surface area contributed by atoms with Crippen LogP contribution in [0.4, 0.5) is 0 Å². The Hall–Kier alpha value is -0.610. The summed E-state index contributed by atoms with van der Waals surface area (Å²) in [5.74, 6) is -0.0261. The molecule has 0 aliphatic rings. The second-order valence-corrected chi connectivity index (χ2v) is 10.0. The lowest BCUT2D eigenvalue weighted by Gasteiger charge is -2.27. The van der Waals surface area contributed by atoms with Gasteiger partial charge in [-0.25, -0.2) is 0 Å². The standard InChI is InChI=1S/C29H58O4/c1-5-8-11-13-15-16-18-20-22-29(4,21-19-17-14-12-9-6-2)28(30)33-27-26-32-25-24-31-23-10-7-3/h5-27H2,1-4H3. The molecule has 0 bridgehead atoms. The maximum Gasteiger partial charge on any atom is 0.311 e. The fraction of sp³-hybridized carbons (Fsp3) is 0.966. The third-order valence-corrected chi connectivity index (χ3v) is 6.63. The van der Waals surface area contributed by atoms with E-state index in [2.05, 4.69) is 27.7 Å². The molecule has 0 radical (unpaired) electrons. The van der Waals surface area contributed by atoms with Crippen molar-refractivity contribution in [2.24, 2.45) is 5.41 Å². The van der Waals surface area contributed by atoms with Crippen LogP contribution in [0.3, 0.4) is 0 Å². The Labute approximate surface area is 206 Å². The predicted octanol–water partition coefficient (Wildman–Crippen LogP) is 8.65. The number of hydrogen-bond donors (Lipinski definition) is 0. The second kappa shape index (κ2) is 24.5. The van der Waals surface area contributed by atoms with Crippen LogP contribution in [-0.4, -0.2) is 39.0 Å². The van der Waals surface area contributed by atoms with E-state index in [0.29, 0.717) is 26.4 Å². The molecule has 0 aromatic heterocycles. The van der Waals surface area contributed by atoms with Gasteiger partial charge in [-0.2, -0.15) is 0 Å². The molecule has 0 rings (SSSR count). The van der Waals surface area contributed by atoms with Crippen LogP contribution in [0.5, 0.6) is 0 Å². The molecule has 0 spiro atoms. The van der Waals surface area contributed by atoms with Crippen LogP contribution in [0.2, 0.25) is 0 Å². The molecular weight excluding hydrogens is 412 g/mol. The molecule has 1 atom stereocenters. The molecule has 4 heteroatoms. The smallest absolute Gasteiger partial charge is 0.311 e. The maximum atomic E-state index is 13.0. The molecule has 198 valence electrons. The average molecular weight is 471 g/mol. The van der Waals surface area contributed by atoms with Crippen molar-refractivity contribution in [3.63, 3.8) is 0 Å². The summed E-state index contributed by atoms with van der Waals surface area (Å²) in [4.78, 5) is 13.0. The first-order valence-corrected chi connectivity index (χ1v) is 14.4. The third-order valence-electron chi connectivity index (χ3n) is 6.63. The molecule has 33 heavy (non-hydrogen) atoms. The van der Waals surface area contributed by atoms with Gasteiger partial charge in [0, 0.05) is 6.61 Å². The van der Waals surface area contributed by atoms with Gasteiger partial charge in [0.05, 0.1) is 25.2 Å². The van der Waals surface area contributed by atoms with E-state index in [1.54, 1.807) is 0 Å². The fourth-order valence-corrected chi connectivity index (χ4v) is 4.21. The summed E-state index contributed by atoms with van der Waals surface area (Å²) in [6, 6.07) is 0. The van der Waals surface area contributed by atoms with Crippen LogP contribution < -0.4 is 0 Å². The van der Waals surface area contributed by atoms with Crippen molar-refractivity contribution in [2.75, 3.05) is 33.0 Å². The van der Waals surface area contributed by atoms with E-state index in [1.807, 2.05) is 0 Å². The zero-order valence-electron chi connectivity index (χ0n) is 22.9. The van der Waals surface area contributed by atoms with Gasteiger partial charge in [0.15, 0.2) is 0 Å². The van der Waals surface area contributed by atoms with E-state index in [9.17, 15) is 4.79 Å². The molecular formula is C29H58O4. The topological polar surface area (TPSA) is 44.8 Å². The molecule has 0 heterocycles. The number of hydrogen-bond acceptors (Lipinski definition) is 4. The Morgan fingerprint density at radius 1 is 0.515 bits per heavy atom. The lowest BCUT2D eigenvalue weighted by atomic mass is 9.79. The summed E-state index contributed by atoms with van der Waals surface area (Å²) < 4.78 is 16.7. The van der Waals surface area contributed by atoms with Gasteiger partial charge >= 0.3 is 5.97 Å². The van der Waals surface area contributed by atoms with Crippen molar-refractivity contribution in [3.05, 3.63) is 0 Å². The molecule has 0 fully saturated rings. The Morgan fingerprint density at radius 2 is 0.909 bits per heavy atom. The van der Waals surface area contributed by atoms with Crippen LogP contribution in [0.25, 0.3) is 0 Å². The van der Waals surface area contributed by atoms with Crippen molar-refractivity contribution >= 4 is 5.97 Å². The summed E-state index contributed by atoms with van der Waals surface area (Å²) in [7, 11) is 0. The van der Waals surface area contributed by atoms with Crippen molar-refractivity contribution in [1.82, 2.24) is 0 Å². The number of rotatable bonds is 26. The number of esters is 1. The van der Waals surface area contributed by atoms with E-state index in [0.717, 1.165) is 45.1 Å². The van der Waals surface area contributed by atoms with Crippen molar-refractivity contribution < 1.29 is 19.0 Å². The minimum Gasteiger partial charge on any atom is -0.463 e. The number of carbonyl (C=O) groups excluding carboxylic acids is 1. The summed E-state index contributed by atoms with van der Waals surface area (Å²) in [5.41, 5.74) is -0.351. The first kappa shape index (κ1) is 32.4. The highest BCUT2D eigenvalue weighted by Gasteiger charge is 2.33. The van der Waals surface area contributed by atoms with Crippen LogP contribution in [0, 0.1) is 5.41 Å². The van der Waals surface area contributed by atoms with E-state index < -0.39 is 0 Å². The maximum absolute atomic E-state index is 13.0. The molecule has 0 N–H and O–H groups in total. The zero-order valence-corrected chi connectivity index (χ0v) is 22.9. The van der Waals surface area contributed by atoms with Crippen molar-refractivity contribution in [1.29, 1.82) is 0 Å². The normalized spacial score (nSPS) is 13.2. The minimum absolute atomic E-state index is 0.0261. The highest BCUT2D eigenvalue weighted by Crippen LogP contribution is 2.33. The number of unbranched alkanes of at least 4 members (excludes halogenated alkanes) is 13. The molecule has 0 aliphatic carbocycles. The van der Waals surface area contributed by atoms with Gasteiger partial charge in [0.25, 0.3) is 0 Å². The average Bonchev–Trinajstić information content (AvgIpc) is 2.81. The van der Waals surface area contributed by atoms with Crippen LogP contribution in [-0.2, 0) is 19.0 Å². The fourth-order valence-electron chi connectivity index (χ4n) is 4.21. The summed E-state index contributed by atoms with van der Waals surface area (Å²) >= 11 is 0. The SMILES string of the molecule is CCCCCCCCCCC(C)(CCCCCCCC)C(=O)OCCOCCOCCCC. The van der Waals surface area contributed by atoms with Crippen LogP contribution >= 0.6 is 0 Å². The zero-order chi connectivity index (χ0) is 24.5. The molecule has 0 aromatic rings. The summed E-state index contributed by atoms with van der Waals surface area (Å²) in [6.45, 7) is 11.6. The Morgan fingerprint density at radius 3 is 1.39 bits per heavy atom. The van der Waals surface area contributed by atoms with Gasteiger partial charge < -0.3 is 14.2 Å². The quantitative estimate of drug-likeness (QED) is 0.0937. The molecule has 0 amide bonds. The van der Waals surface area contributed by atoms with E-state index >= 15 is 0 Å². The van der Waals surface area contributed by atoms with Crippen LogP contribution in [0.15, 0.2) is 0 Å².